The highest BCUT2D eigenvalue weighted by Gasteiger charge is 2.32. The standard InChI is InChI=1S/C24H28N4O/c1-25-10-9-17-12-22-20(11-19(17)15-29)26-24(27(22)2)23-13-18-5-3-4-6-21(18)28(23)14-16-7-8-16/h3-6,11-13,15-16,24-26H,7-10,14H2,1-2H3. The molecular weight excluding hydrogens is 360 g/mol. The van der Waals surface area contributed by atoms with Gasteiger partial charge in [0.15, 0.2) is 0 Å². The molecule has 5 rings (SSSR count). The number of benzene rings is 2. The molecule has 2 aromatic carbocycles. The van der Waals surface area contributed by atoms with Gasteiger partial charge in [0.05, 0.1) is 17.1 Å². The molecule has 29 heavy (non-hydrogen) atoms. The fourth-order valence-corrected chi connectivity index (χ4v) is 4.52. The third kappa shape index (κ3) is 3.19. The number of nitrogens with zero attached hydrogens (tertiary/aromatic N) is 2. The molecule has 5 nitrogen and oxygen atoms in total. The van der Waals surface area contributed by atoms with Gasteiger partial charge in [0.1, 0.15) is 12.5 Å². The van der Waals surface area contributed by atoms with Gasteiger partial charge >= 0.3 is 0 Å². The number of anilines is 2. The Balaban J connectivity index is 1.54. The lowest BCUT2D eigenvalue weighted by Crippen LogP contribution is -2.26. The molecular formula is C24H28N4O. The maximum Gasteiger partial charge on any atom is 0.150 e. The molecule has 0 amide bonds. The molecule has 1 unspecified atom stereocenters. The highest BCUT2D eigenvalue weighted by Crippen LogP contribution is 2.43. The highest BCUT2D eigenvalue weighted by molar-refractivity contribution is 5.88. The smallest absolute Gasteiger partial charge is 0.150 e. The van der Waals surface area contributed by atoms with Crippen molar-refractivity contribution in [2.45, 2.75) is 32.0 Å². The van der Waals surface area contributed by atoms with Gasteiger partial charge < -0.3 is 20.1 Å². The van der Waals surface area contributed by atoms with E-state index in [1.165, 1.54) is 29.4 Å². The third-order valence-corrected chi connectivity index (χ3v) is 6.35. The van der Waals surface area contributed by atoms with Crippen LogP contribution in [0.25, 0.3) is 10.9 Å². The van der Waals surface area contributed by atoms with E-state index in [-0.39, 0.29) is 6.17 Å². The summed E-state index contributed by atoms with van der Waals surface area (Å²) in [6.45, 7) is 1.94. The number of hydrogen-bond acceptors (Lipinski definition) is 4. The van der Waals surface area contributed by atoms with Gasteiger partial charge in [-0.05, 0) is 68.6 Å². The van der Waals surface area contributed by atoms with Gasteiger partial charge in [-0.15, -0.1) is 0 Å². The number of rotatable bonds is 7. The monoisotopic (exact) mass is 388 g/mol. The number of aldehydes is 1. The number of fused-ring (bicyclic) bond motifs is 2. The molecule has 3 aromatic rings. The third-order valence-electron chi connectivity index (χ3n) is 6.35. The van der Waals surface area contributed by atoms with Gasteiger partial charge in [-0.25, -0.2) is 0 Å². The van der Waals surface area contributed by atoms with Crippen LogP contribution in [0.15, 0.2) is 42.5 Å². The van der Waals surface area contributed by atoms with E-state index in [1.807, 2.05) is 13.1 Å². The van der Waals surface area contributed by atoms with E-state index in [4.69, 9.17) is 0 Å². The Morgan fingerprint density at radius 2 is 2.03 bits per heavy atom. The lowest BCUT2D eigenvalue weighted by molar-refractivity contribution is 0.112. The maximum atomic E-state index is 11.7. The molecule has 5 heteroatoms. The van der Waals surface area contributed by atoms with Crippen LogP contribution in [0.5, 0.6) is 0 Å². The average Bonchev–Trinajstić information content (AvgIpc) is 3.42. The predicted molar refractivity (Wildman–Crippen MR) is 119 cm³/mol. The molecule has 1 fully saturated rings. The van der Waals surface area contributed by atoms with Crippen molar-refractivity contribution in [2.75, 3.05) is 30.9 Å². The minimum absolute atomic E-state index is 0.0650. The first kappa shape index (κ1) is 18.3. The van der Waals surface area contributed by atoms with Crippen molar-refractivity contribution in [3.63, 3.8) is 0 Å². The molecule has 1 aliphatic carbocycles. The van der Waals surface area contributed by atoms with E-state index < -0.39 is 0 Å². The summed E-state index contributed by atoms with van der Waals surface area (Å²) in [7, 11) is 4.08. The van der Waals surface area contributed by atoms with Crippen LogP contribution in [-0.4, -0.2) is 31.5 Å². The van der Waals surface area contributed by atoms with Crippen molar-refractivity contribution < 1.29 is 4.79 Å². The summed E-state index contributed by atoms with van der Waals surface area (Å²) < 4.78 is 2.50. The van der Waals surface area contributed by atoms with Crippen molar-refractivity contribution in [1.29, 1.82) is 0 Å². The second-order valence-electron chi connectivity index (χ2n) is 8.38. The second kappa shape index (κ2) is 7.23. The summed E-state index contributed by atoms with van der Waals surface area (Å²) in [6, 6.07) is 15.2. The molecule has 2 aliphatic rings. The maximum absolute atomic E-state index is 11.7. The summed E-state index contributed by atoms with van der Waals surface area (Å²) in [5, 5.41) is 8.15. The molecule has 1 atom stereocenters. The first-order chi connectivity index (χ1) is 14.2. The van der Waals surface area contributed by atoms with Crippen LogP contribution in [0.4, 0.5) is 11.4 Å². The Kier molecular flexibility index (Phi) is 4.55. The first-order valence-corrected chi connectivity index (χ1v) is 10.5. The van der Waals surface area contributed by atoms with Crippen LogP contribution in [0.3, 0.4) is 0 Å². The summed E-state index contributed by atoms with van der Waals surface area (Å²) in [5.74, 6) is 0.799. The number of aromatic nitrogens is 1. The van der Waals surface area contributed by atoms with E-state index in [9.17, 15) is 4.79 Å². The van der Waals surface area contributed by atoms with Crippen LogP contribution in [0, 0.1) is 5.92 Å². The Morgan fingerprint density at radius 1 is 1.21 bits per heavy atom. The topological polar surface area (TPSA) is 49.3 Å². The lowest BCUT2D eigenvalue weighted by atomic mass is 10.0. The van der Waals surface area contributed by atoms with Crippen molar-refractivity contribution in [1.82, 2.24) is 9.88 Å². The van der Waals surface area contributed by atoms with Gasteiger partial charge in [-0.3, -0.25) is 4.79 Å². The van der Waals surface area contributed by atoms with Crippen molar-refractivity contribution in [3.8, 4) is 0 Å². The van der Waals surface area contributed by atoms with Crippen LogP contribution >= 0.6 is 0 Å². The van der Waals surface area contributed by atoms with Crippen molar-refractivity contribution >= 4 is 28.6 Å². The highest BCUT2D eigenvalue weighted by atomic mass is 16.1. The summed E-state index contributed by atoms with van der Waals surface area (Å²) >= 11 is 0. The molecule has 0 saturated heterocycles. The van der Waals surface area contributed by atoms with Gasteiger partial charge in [0.25, 0.3) is 0 Å². The van der Waals surface area contributed by atoms with E-state index in [1.54, 1.807) is 0 Å². The average molecular weight is 389 g/mol. The lowest BCUT2D eigenvalue weighted by Gasteiger charge is -2.24. The van der Waals surface area contributed by atoms with Gasteiger partial charge in [-0.1, -0.05) is 18.2 Å². The minimum Gasteiger partial charge on any atom is -0.359 e. The molecule has 150 valence electrons. The normalized spacial score (nSPS) is 18.1. The fraction of sp³-hybridized carbons (Fsp3) is 0.375. The molecule has 2 N–H and O–H groups in total. The van der Waals surface area contributed by atoms with E-state index in [0.717, 1.165) is 54.2 Å². The van der Waals surface area contributed by atoms with Gasteiger partial charge in [0.2, 0.25) is 0 Å². The largest absolute Gasteiger partial charge is 0.359 e. The SMILES string of the molecule is CNCCc1cc2c(cc1C=O)NC(c1cc3ccccc3n1CC1CC1)N2C. The Hall–Kier alpha value is -2.79. The molecule has 2 heterocycles. The summed E-state index contributed by atoms with van der Waals surface area (Å²) in [6.07, 6.45) is 4.55. The van der Waals surface area contributed by atoms with Crippen LogP contribution in [0.1, 0.15) is 40.6 Å². The number of likely N-dealkylation sites (N-methyl/N-ethyl adjacent to an activating group) is 1. The zero-order valence-electron chi connectivity index (χ0n) is 17.1. The second-order valence-corrected chi connectivity index (χ2v) is 8.38. The first-order valence-electron chi connectivity index (χ1n) is 10.5. The van der Waals surface area contributed by atoms with Gasteiger partial charge in [-0.2, -0.15) is 0 Å². The Bertz CT molecular complexity index is 1070. The fourth-order valence-electron chi connectivity index (χ4n) is 4.52. The zero-order chi connectivity index (χ0) is 20.0. The molecule has 0 radical (unpaired) electrons. The summed E-state index contributed by atoms with van der Waals surface area (Å²) in [4.78, 5) is 14.0. The minimum atomic E-state index is 0.0650. The molecule has 1 aliphatic heterocycles. The van der Waals surface area contributed by atoms with Crippen LogP contribution in [-0.2, 0) is 13.0 Å². The zero-order valence-corrected chi connectivity index (χ0v) is 17.1. The molecule has 1 aromatic heterocycles. The van der Waals surface area contributed by atoms with Crippen molar-refractivity contribution in [3.05, 3.63) is 59.3 Å². The number of carbonyl (C=O) groups is 1. The number of carbonyl (C=O) groups excluding carboxylic acids is 1. The Morgan fingerprint density at radius 3 is 2.79 bits per heavy atom. The molecule has 1 saturated carbocycles. The van der Waals surface area contributed by atoms with Crippen LogP contribution < -0.4 is 15.5 Å². The number of hydrogen-bond donors (Lipinski definition) is 2. The molecule has 0 spiro atoms. The Labute approximate surface area is 171 Å². The molecule has 0 bridgehead atoms. The van der Waals surface area contributed by atoms with E-state index in [2.05, 4.69) is 63.5 Å². The van der Waals surface area contributed by atoms with Crippen molar-refractivity contribution in [2.24, 2.45) is 5.92 Å². The number of nitrogens with one attached hydrogen (secondary N) is 2. The predicted octanol–water partition coefficient (Wildman–Crippen LogP) is 4.19. The number of para-hydroxylation sites is 1. The summed E-state index contributed by atoms with van der Waals surface area (Å²) in [5.41, 5.74) is 6.68. The quantitative estimate of drug-likeness (QED) is 0.596. The van der Waals surface area contributed by atoms with E-state index in [0.29, 0.717) is 0 Å². The van der Waals surface area contributed by atoms with E-state index >= 15 is 0 Å². The van der Waals surface area contributed by atoms with Gasteiger partial charge in [0, 0.05) is 30.1 Å². The van der Waals surface area contributed by atoms with Crippen LogP contribution in [0.2, 0.25) is 0 Å².